The number of esters is 1. The van der Waals surface area contributed by atoms with Crippen molar-refractivity contribution in [2.24, 2.45) is 5.73 Å². The Labute approximate surface area is 146 Å². The third-order valence-electron chi connectivity index (χ3n) is 3.83. The van der Waals surface area contributed by atoms with Crippen LogP contribution in [0, 0.1) is 13.8 Å². The summed E-state index contributed by atoms with van der Waals surface area (Å²) in [6, 6.07) is 11.3. The molecule has 3 N–H and O–H groups in total. The quantitative estimate of drug-likeness (QED) is 0.817. The van der Waals surface area contributed by atoms with Gasteiger partial charge in [0.15, 0.2) is 6.10 Å². The highest BCUT2D eigenvalue weighted by Gasteiger charge is 2.19. The van der Waals surface area contributed by atoms with E-state index in [1.807, 2.05) is 19.9 Å². The van der Waals surface area contributed by atoms with Crippen LogP contribution in [-0.2, 0) is 9.53 Å². The molecule has 0 radical (unpaired) electrons. The molecule has 2 amide bonds. The second-order valence-corrected chi connectivity index (χ2v) is 5.78. The van der Waals surface area contributed by atoms with Gasteiger partial charge in [0, 0.05) is 11.3 Å². The Morgan fingerprint density at radius 3 is 2.12 bits per heavy atom. The number of ether oxygens (including phenoxy) is 1. The number of nitrogens with two attached hydrogens (primary N) is 1. The lowest BCUT2D eigenvalue weighted by atomic mass is 10.1. The first-order chi connectivity index (χ1) is 11.8. The minimum atomic E-state index is -0.968. The van der Waals surface area contributed by atoms with Gasteiger partial charge >= 0.3 is 5.97 Å². The van der Waals surface area contributed by atoms with Crippen molar-refractivity contribution in [1.29, 1.82) is 0 Å². The van der Waals surface area contributed by atoms with Gasteiger partial charge in [0.2, 0.25) is 5.91 Å². The van der Waals surface area contributed by atoms with Gasteiger partial charge in [0.25, 0.3) is 5.91 Å². The molecule has 0 unspecified atom stereocenters. The van der Waals surface area contributed by atoms with Crippen LogP contribution in [-0.4, -0.2) is 23.9 Å². The lowest BCUT2D eigenvalue weighted by Crippen LogP contribution is -2.30. The summed E-state index contributed by atoms with van der Waals surface area (Å²) in [5.41, 5.74) is 8.42. The van der Waals surface area contributed by atoms with Crippen LogP contribution in [0.1, 0.15) is 38.8 Å². The van der Waals surface area contributed by atoms with E-state index in [1.54, 1.807) is 24.3 Å². The number of hydrogen-bond donors (Lipinski definition) is 2. The largest absolute Gasteiger partial charge is 0.449 e. The molecule has 6 nitrogen and oxygen atoms in total. The van der Waals surface area contributed by atoms with E-state index in [2.05, 4.69) is 5.32 Å². The average molecular weight is 340 g/mol. The zero-order valence-electron chi connectivity index (χ0n) is 14.3. The minimum Gasteiger partial charge on any atom is -0.449 e. The van der Waals surface area contributed by atoms with Crippen LogP contribution in [0.15, 0.2) is 42.5 Å². The van der Waals surface area contributed by atoms with Crippen LogP contribution in [0.2, 0.25) is 0 Å². The van der Waals surface area contributed by atoms with Crippen LogP contribution < -0.4 is 11.1 Å². The third-order valence-corrected chi connectivity index (χ3v) is 3.83. The van der Waals surface area contributed by atoms with Gasteiger partial charge in [-0.2, -0.15) is 0 Å². The molecule has 1 atom stereocenters. The molecule has 2 aromatic carbocycles. The van der Waals surface area contributed by atoms with Crippen molar-refractivity contribution < 1.29 is 19.1 Å². The van der Waals surface area contributed by atoms with Crippen LogP contribution >= 0.6 is 0 Å². The summed E-state index contributed by atoms with van der Waals surface area (Å²) in [6.45, 7) is 5.34. The number of nitrogens with one attached hydrogen (secondary N) is 1. The van der Waals surface area contributed by atoms with Crippen molar-refractivity contribution in [3.63, 3.8) is 0 Å². The maximum absolute atomic E-state index is 12.1. The molecule has 0 bridgehead atoms. The summed E-state index contributed by atoms with van der Waals surface area (Å²) in [7, 11) is 0. The molecule has 0 aromatic heterocycles. The number of anilines is 1. The highest BCUT2D eigenvalue weighted by atomic mass is 16.5. The highest BCUT2D eigenvalue weighted by Crippen LogP contribution is 2.13. The van der Waals surface area contributed by atoms with Crippen LogP contribution in [0.3, 0.4) is 0 Å². The number of carbonyl (C=O) groups excluding carboxylic acids is 3. The lowest BCUT2D eigenvalue weighted by Gasteiger charge is -2.14. The number of primary amides is 1. The number of hydrogen-bond acceptors (Lipinski definition) is 4. The van der Waals surface area contributed by atoms with Gasteiger partial charge in [0.05, 0.1) is 5.56 Å². The Morgan fingerprint density at radius 1 is 0.960 bits per heavy atom. The molecule has 0 saturated carbocycles. The first-order valence-corrected chi connectivity index (χ1v) is 7.77. The van der Waals surface area contributed by atoms with E-state index in [9.17, 15) is 14.4 Å². The van der Waals surface area contributed by atoms with Crippen molar-refractivity contribution >= 4 is 23.5 Å². The van der Waals surface area contributed by atoms with Gasteiger partial charge in [-0.05, 0) is 68.3 Å². The van der Waals surface area contributed by atoms with Crippen molar-refractivity contribution in [1.82, 2.24) is 0 Å². The zero-order valence-corrected chi connectivity index (χ0v) is 14.3. The zero-order chi connectivity index (χ0) is 18.6. The normalized spacial score (nSPS) is 11.5. The fourth-order valence-corrected chi connectivity index (χ4v) is 2.11. The van der Waals surface area contributed by atoms with Crippen molar-refractivity contribution in [2.75, 3.05) is 5.32 Å². The van der Waals surface area contributed by atoms with Gasteiger partial charge in [-0.1, -0.05) is 6.07 Å². The number of aryl methyl sites for hydroxylation is 2. The Bertz CT molecular complexity index is 813. The fourth-order valence-electron chi connectivity index (χ4n) is 2.11. The van der Waals surface area contributed by atoms with E-state index in [0.29, 0.717) is 16.8 Å². The summed E-state index contributed by atoms with van der Waals surface area (Å²) in [5.74, 6) is -1.58. The molecule has 0 saturated heterocycles. The second-order valence-electron chi connectivity index (χ2n) is 5.78. The molecule has 2 aromatic rings. The molecule has 25 heavy (non-hydrogen) atoms. The molecular weight excluding hydrogens is 320 g/mol. The summed E-state index contributed by atoms with van der Waals surface area (Å²) in [4.78, 5) is 35.3. The van der Waals surface area contributed by atoms with Gasteiger partial charge in [-0.15, -0.1) is 0 Å². The highest BCUT2D eigenvalue weighted by molar-refractivity contribution is 5.98. The molecule has 0 spiro atoms. The van der Waals surface area contributed by atoms with Crippen molar-refractivity contribution in [3.05, 3.63) is 64.7 Å². The number of benzene rings is 2. The summed E-state index contributed by atoms with van der Waals surface area (Å²) < 4.78 is 5.20. The van der Waals surface area contributed by atoms with E-state index >= 15 is 0 Å². The maximum Gasteiger partial charge on any atom is 0.338 e. The van der Waals surface area contributed by atoms with Gasteiger partial charge in [0.1, 0.15) is 0 Å². The Morgan fingerprint density at radius 2 is 1.56 bits per heavy atom. The maximum atomic E-state index is 12.1. The Hall–Kier alpha value is -3.15. The molecule has 2 rings (SSSR count). The van der Waals surface area contributed by atoms with Crippen LogP contribution in [0.25, 0.3) is 0 Å². The van der Waals surface area contributed by atoms with E-state index in [-0.39, 0.29) is 0 Å². The first kappa shape index (κ1) is 18.2. The minimum absolute atomic E-state index is 0.340. The van der Waals surface area contributed by atoms with Gasteiger partial charge in [-0.3, -0.25) is 9.59 Å². The SMILES string of the molecule is Cc1ccc(C(=O)O[C@H](C)C(=O)Nc2ccc(C(N)=O)cc2)cc1C. The van der Waals surface area contributed by atoms with E-state index in [1.165, 1.54) is 19.1 Å². The lowest BCUT2D eigenvalue weighted by molar-refractivity contribution is -0.123. The smallest absolute Gasteiger partial charge is 0.338 e. The monoisotopic (exact) mass is 340 g/mol. The fraction of sp³-hybridized carbons (Fsp3) is 0.211. The van der Waals surface area contributed by atoms with Gasteiger partial charge in [-0.25, -0.2) is 4.79 Å². The standard InChI is InChI=1S/C19H20N2O4/c1-11-4-5-15(10-12(11)2)19(24)25-13(3)18(23)21-16-8-6-14(7-9-16)17(20)22/h4-10,13H,1-3H3,(H2,20,22)(H,21,23)/t13-/m1/s1. The number of rotatable bonds is 5. The molecule has 0 aliphatic carbocycles. The molecule has 0 aliphatic rings. The summed E-state index contributed by atoms with van der Waals surface area (Å²) in [6.07, 6.45) is -0.968. The number of amides is 2. The van der Waals surface area contributed by atoms with E-state index in [4.69, 9.17) is 10.5 Å². The molecular formula is C19H20N2O4. The Kier molecular flexibility index (Phi) is 5.54. The molecule has 0 fully saturated rings. The van der Waals surface area contributed by atoms with Crippen molar-refractivity contribution in [3.8, 4) is 0 Å². The molecule has 130 valence electrons. The second kappa shape index (κ2) is 7.61. The van der Waals surface area contributed by atoms with Gasteiger partial charge < -0.3 is 15.8 Å². The Balaban J connectivity index is 1.98. The van der Waals surface area contributed by atoms with Crippen LogP contribution in [0.5, 0.6) is 0 Å². The van der Waals surface area contributed by atoms with Crippen molar-refractivity contribution in [2.45, 2.75) is 26.9 Å². The predicted octanol–water partition coefficient (Wildman–Crippen LogP) is 2.59. The van der Waals surface area contributed by atoms with E-state index < -0.39 is 23.9 Å². The topological polar surface area (TPSA) is 98.5 Å². The number of carbonyl (C=O) groups is 3. The summed E-state index contributed by atoms with van der Waals surface area (Å²) >= 11 is 0. The molecule has 0 heterocycles. The van der Waals surface area contributed by atoms with Crippen LogP contribution in [0.4, 0.5) is 5.69 Å². The molecule has 0 aliphatic heterocycles. The molecule has 6 heteroatoms. The first-order valence-electron chi connectivity index (χ1n) is 7.77. The third kappa shape index (κ3) is 4.67. The summed E-state index contributed by atoms with van der Waals surface area (Å²) in [5, 5.41) is 2.62. The average Bonchev–Trinajstić information content (AvgIpc) is 2.57. The van der Waals surface area contributed by atoms with E-state index in [0.717, 1.165) is 11.1 Å². The predicted molar refractivity (Wildman–Crippen MR) is 94.4 cm³/mol.